The minimum Gasteiger partial charge on any atom is -0.486 e. The fourth-order valence-electron chi connectivity index (χ4n) is 1.64. The van der Waals surface area contributed by atoms with Crippen LogP contribution in [0.5, 0.6) is 5.75 Å². The van der Waals surface area contributed by atoms with E-state index in [9.17, 15) is 4.79 Å². The highest BCUT2D eigenvalue weighted by molar-refractivity contribution is 5.90. The third kappa shape index (κ3) is 3.10. The van der Waals surface area contributed by atoms with Crippen LogP contribution in [-0.4, -0.2) is 32.4 Å². The summed E-state index contributed by atoms with van der Waals surface area (Å²) in [6, 6.07) is 7.11. The number of carbonyl (C=O) groups excluding carboxylic acids is 1. The topological polar surface area (TPSA) is 59.6 Å². The molecule has 0 bridgehead atoms. The molecular formula is C12H16N2O3. The van der Waals surface area contributed by atoms with Crippen molar-refractivity contribution in [3.05, 3.63) is 24.3 Å². The van der Waals surface area contributed by atoms with Gasteiger partial charge >= 0.3 is 6.03 Å². The molecule has 1 atom stereocenters. The number of nitrogens with one attached hydrogen (secondary N) is 2. The predicted octanol–water partition coefficient (Wildman–Crippen LogP) is 1.61. The van der Waals surface area contributed by atoms with Gasteiger partial charge in [-0.1, -0.05) is 12.1 Å². The van der Waals surface area contributed by atoms with Crippen LogP contribution in [0.4, 0.5) is 10.5 Å². The van der Waals surface area contributed by atoms with E-state index in [0.717, 1.165) is 13.0 Å². The van der Waals surface area contributed by atoms with Crippen LogP contribution < -0.4 is 15.4 Å². The van der Waals surface area contributed by atoms with Crippen molar-refractivity contribution in [2.75, 3.05) is 25.6 Å². The van der Waals surface area contributed by atoms with Crippen LogP contribution >= 0.6 is 0 Å². The standard InChI is InChI=1S/C12H16N2O3/c1-13-12(15)14-10-4-2-3-5-11(10)17-9-6-7-16-8-9/h2-5,9H,6-8H2,1H3,(H2,13,14,15). The number of urea groups is 1. The summed E-state index contributed by atoms with van der Waals surface area (Å²) >= 11 is 0. The Morgan fingerprint density at radius 3 is 3.00 bits per heavy atom. The van der Waals surface area contributed by atoms with Crippen molar-refractivity contribution < 1.29 is 14.3 Å². The highest BCUT2D eigenvalue weighted by Crippen LogP contribution is 2.26. The molecule has 1 unspecified atom stereocenters. The number of hydrogen-bond acceptors (Lipinski definition) is 3. The lowest BCUT2D eigenvalue weighted by molar-refractivity contribution is 0.142. The van der Waals surface area contributed by atoms with E-state index < -0.39 is 0 Å². The van der Waals surface area contributed by atoms with Crippen LogP contribution in [0.2, 0.25) is 0 Å². The summed E-state index contributed by atoms with van der Waals surface area (Å²) in [5, 5.41) is 5.22. The summed E-state index contributed by atoms with van der Waals surface area (Å²) in [6.07, 6.45) is 0.955. The molecule has 0 spiro atoms. The molecule has 2 amide bonds. The van der Waals surface area contributed by atoms with E-state index in [4.69, 9.17) is 9.47 Å². The van der Waals surface area contributed by atoms with Crippen molar-refractivity contribution in [1.29, 1.82) is 0 Å². The SMILES string of the molecule is CNC(=O)Nc1ccccc1OC1CCOC1. The third-order valence-corrected chi connectivity index (χ3v) is 2.54. The van der Waals surface area contributed by atoms with E-state index in [0.29, 0.717) is 18.0 Å². The van der Waals surface area contributed by atoms with Crippen molar-refractivity contribution >= 4 is 11.7 Å². The maximum Gasteiger partial charge on any atom is 0.319 e. The summed E-state index contributed by atoms with van der Waals surface area (Å²) in [5.74, 6) is 0.673. The lowest BCUT2D eigenvalue weighted by Gasteiger charge is -2.15. The molecule has 1 heterocycles. The van der Waals surface area contributed by atoms with Crippen LogP contribution in [0.1, 0.15) is 6.42 Å². The summed E-state index contributed by atoms with van der Waals surface area (Å²) in [4.78, 5) is 11.3. The number of benzene rings is 1. The Labute approximate surface area is 100 Å². The van der Waals surface area contributed by atoms with E-state index in [2.05, 4.69) is 10.6 Å². The van der Waals surface area contributed by atoms with Crippen molar-refractivity contribution in [3.63, 3.8) is 0 Å². The fourth-order valence-corrected chi connectivity index (χ4v) is 1.64. The minimum absolute atomic E-state index is 0.0719. The van der Waals surface area contributed by atoms with Crippen molar-refractivity contribution in [2.45, 2.75) is 12.5 Å². The molecule has 1 fully saturated rings. The maximum atomic E-state index is 11.3. The number of anilines is 1. The number of rotatable bonds is 3. The molecule has 1 aliphatic heterocycles. The number of para-hydroxylation sites is 2. The van der Waals surface area contributed by atoms with Gasteiger partial charge in [0.05, 0.1) is 18.9 Å². The second kappa shape index (κ2) is 5.54. The summed E-state index contributed by atoms with van der Waals surface area (Å²) in [7, 11) is 1.57. The second-order valence-electron chi connectivity index (χ2n) is 3.80. The molecule has 1 aromatic carbocycles. The first-order valence-corrected chi connectivity index (χ1v) is 5.62. The van der Waals surface area contributed by atoms with E-state index in [1.54, 1.807) is 13.1 Å². The Morgan fingerprint density at radius 2 is 2.29 bits per heavy atom. The van der Waals surface area contributed by atoms with Gasteiger partial charge in [0.15, 0.2) is 0 Å². The summed E-state index contributed by atoms with van der Waals surface area (Å²) < 4.78 is 11.0. The van der Waals surface area contributed by atoms with Crippen LogP contribution in [0, 0.1) is 0 Å². The molecule has 5 nitrogen and oxygen atoms in total. The normalized spacial score (nSPS) is 18.8. The molecule has 92 valence electrons. The number of carbonyl (C=O) groups is 1. The number of amides is 2. The smallest absolute Gasteiger partial charge is 0.319 e. The van der Waals surface area contributed by atoms with Gasteiger partial charge in [-0.15, -0.1) is 0 Å². The lowest BCUT2D eigenvalue weighted by atomic mass is 10.2. The minimum atomic E-state index is -0.260. The largest absolute Gasteiger partial charge is 0.486 e. The molecule has 1 saturated heterocycles. The quantitative estimate of drug-likeness (QED) is 0.838. The van der Waals surface area contributed by atoms with Gasteiger partial charge in [0.2, 0.25) is 0 Å². The Bertz CT molecular complexity index is 389. The van der Waals surface area contributed by atoms with Crippen molar-refractivity contribution in [3.8, 4) is 5.75 Å². The molecule has 1 aromatic rings. The van der Waals surface area contributed by atoms with Gasteiger partial charge in [0, 0.05) is 13.5 Å². The predicted molar refractivity (Wildman–Crippen MR) is 64.4 cm³/mol. The van der Waals surface area contributed by atoms with Gasteiger partial charge < -0.3 is 20.1 Å². The van der Waals surface area contributed by atoms with E-state index >= 15 is 0 Å². The van der Waals surface area contributed by atoms with E-state index in [-0.39, 0.29) is 12.1 Å². The summed E-state index contributed by atoms with van der Waals surface area (Å²) in [6.45, 7) is 1.34. The first-order valence-electron chi connectivity index (χ1n) is 5.62. The molecule has 5 heteroatoms. The Kier molecular flexibility index (Phi) is 3.82. The zero-order chi connectivity index (χ0) is 12.1. The van der Waals surface area contributed by atoms with Gasteiger partial charge in [-0.2, -0.15) is 0 Å². The van der Waals surface area contributed by atoms with Gasteiger partial charge in [-0.3, -0.25) is 0 Å². The third-order valence-electron chi connectivity index (χ3n) is 2.54. The fraction of sp³-hybridized carbons (Fsp3) is 0.417. The number of hydrogen-bond donors (Lipinski definition) is 2. The Balaban J connectivity index is 2.06. The highest BCUT2D eigenvalue weighted by atomic mass is 16.5. The first kappa shape index (κ1) is 11.7. The highest BCUT2D eigenvalue weighted by Gasteiger charge is 2.18. The molecule has 0 aromatic heterocycles. The van der Waals surface area contributed by atoms with Crippen molar-refractivity contribution in [1.82, 2.24) is 5.32 Å². The molecule has 17 heavy (non-hydrogen) atoms. The molecule has 0 radical (unpaired) electrons. The molecular weight excluding hydrogens is 220 g/mol. The van der Waals surface area contributed by atoms with Crippen LogP contribution in [-0.2, 0) is 4.74 Å². The van der Waals surface area contributed by atoms with E-state index in [1.807, 2.05) is 18.2 Å². The van der Waals surface area contributed by atoms with Crippen LogP contribution in [0.25, 0.3) is 0 Å². The Hall–Kier alpha value is -1.75. The van der Waals surface area contributed by atoms with Gasteiger partial charge in [0.25, 0.3) is 0 Å². The lowest BCUT2D eigenvalue weighted by Crippen LogP contribution is -2.25. The molecule has 0 saturated carbocycles. The van der Waals surface area contributed by atoms with Gasteiger partial charge in [-0.25, -0.2) is 4.79 Å². The number of ether oxygens (including phenoxy) is 2. The molecule has 1 aliphatic rings. The summed E-state index contributed by atoms with van der Waals surface area (Å²) in [5.41, 5.74) is 0.666. The zero-order valence-electron chi connectivity index (χ0n) is 9.73. The monoisotopic (exact) mass is 236 g/mol. The van der Waals surface area contributed by atoms with Gasteiger partial charge in [-0.05, 0) is 12.1 Å². The second-order valence-corrected chi connectivity index (χ2v) is 3.80. The zero-order valence-corrected chi connectivity index (χ0v) is 9.73. The van der Waals surface area contributed by atoms with Crippen LogP contribution in [0.3, 0.4) is 0 Å². The molecule has 2 rings (SSSR count). The van der Waals surface area contributed by atoms with E-state index in [1.165, 1.54) is 0 Å². The average Bonchev–Trinajstić information content (AvgIpc) is 2.84. The van der Waals surface area contributed by atoms with Gasteiger partial charge in [0.1, 0.15) is 11.9 Å². The molecule has 0 aliphatic carbocycles. The Morgan fingerprint density at radius 1 is 1.47 bits per heavy atom. The first-order chi connectivity index (χ1) is 8.29. The van der Waals surface area contributed by atoms with Crippen molar-refractivity contribution in [2.24, 2.45) is 0 Å². The average molecular weight is 236 g/mol. The molecule has 2 N–H and O–H groups in total. The van der Waals surface area contributed by atoms with Crippen LogP contribution in [0.15, 0.2) is 24.3 Å². The maximum absolute atomic E-state index is 11.3.